The van der Waals surface area contributed by atoms with Crippen LogP contribution < -0.4 is 63.4 Å². The molecule has 73 heavy (non-hydrogen) atoms. The zero-order valence-corrected chi connectivity index (χ0v) is 47.2. The van der Waals surface area contributed by atoms with Crippen LogP contribution in [0, 0.1) is 23.7 Å². The first kappa shape index (κ1) is 63.8. The number of rotatable bonds is 26. The van der Waals surface area contributed by atoms with Crippen LogP contribution in [0.25, 0.3) is 0 Å². The summed E-state index contributed by atoms with van der Waals surface area (Å²) in [4.78, 5) is 60.4. The summed E-state index contributed by atoms with van der Waals surface area (Å²) in [5, 5.41) is 0. The molecule has 0 radical (unpaired) electrons. The fraction of sp³-hybridized carbons (Fsp3) is 0.462. The number of ether oxygens (including phenoxy) is 4. The van der Waals surface area contributed by atoms with Gasteiger partial charge in [-0.3, -0.25) is 37.5 Å². The molecule has 392 valence electrons. The summed E-state index contributed by atoms with van der Waals surface area (Å²) in [6.45, 7) is 1.16. The average Bonchev–Trinajstić information content (AvgIpc) is 4.12. The van der Waals surface area contributed by atoms with E-state index >= 15 is 0 Å². The minimum atomic E-state index is -5.94. The molecule has 0 amide bonds. The quantitative estimate of drug-likeness (QED) is 0.0292. The molecular weight excluding hydrogens is 1110 g/mol. The molecule has 0 aliphatic heterocycles. The first-order chi connectivity index (χ1) is 34.5. The van der Waals surface area contributed by atoms with E-state index in [9.17, 15) is 33.2 Å². The third-order valence-electron chi connectivity index (χ3n) is 11.7. The van der Waals surface area contributed by atoms with Crippen molar-refractivity contribution in [2.45, 2.75) is 103 Å². The molecule has 0 heterocycles. The molecule has 21 heteroatoms. The van der Waals surface area contributed by atoms with E-state index < -0.39 is 71.4 Å². The molecule has 4 atom stereocenters. The van der Waals surface area contributed by atoms with Crippen LogP contribution in [0.4, 0.5) is 0 Å². The van der Waals surface area contributed by atoms with E-state index in [1.165, 1.54) is 12.8 Å². The van der Waals surface area contributed by atoms with Crippen molar-refractivity contribution >= 4 is 39.5 Å². The van der Waals surface area contributed by atoms with E-state index in [1.54, 1.807) is 0 Å². The summed E-state index contributed by atoms with van der Waals surface area (Å²) in [6, 6.07) is 37.2. The Bertz CT molecular complexity index is 2240. The number of hydrogen-bond donors (Lipinski definition) is 1. The van der Waals surface area contributed by atoms with Gasteiger partial charge in [0.25, 0.3) is 0 Å². The number of benzene rings is 4. The maximum absolute atomic E-state index is 12.8. The van der Waals surface area contributed by atoms with E-state index in [1.807, 2.05) is 121 Å². The van der Waals surface area contributed by atoms with E-state index in [2.05, 4.69) is 0 Å². The van der Waals surface area contributed by atoms with Crippen molar-refractivity contribution in [3.8, 4) is 0 Å². The molecule has 2 aliphatic carbocycles. The van der Waals surface area contributed by atoms with Gasteiger partial charge in [-0.05, 0) is 77.2 Å². The van der Waals surface area contributed by atoms with E-state index in [4.69, 9.17) is 41.7 Å². The Hall–Kier alpha value is -3.46. The van der Waals surface area contributed by atoms with E-state index in [0.29, 0.717) is 12.5 Å². The van der Waals surface area contributed by atoms with Gasteiger partial charge in [0.15, 0.2) is 6.16 Å². The van der Waals surface area contributed by atoms with Gasteiger partial charge in [-0.2, -0.15) is 0 Å². The second-order valence-electron chi connectivity index (χ2n) is 17.6. The van der Waals surface area contributed by atoms with Crippen molar-refractivity contribution in [1.82, 2.24) is 0 Å². The minimum absolute atomic E-state index is 0. The molecule has 0 spiro atoms. The fourth-order valence-electron chi connectivity index (χ4n) is 7.79. The van der Waals surface area contributed by atoms with Crippen LogP contribution in [0.5, 0.6) is 0 Å². The van der Waals surface area contributed by atoms with Gasteiger partial charge in [0.05, 0.1) is 18.7 Å². The molecule has 0 aromatic heterocycles. The molecule has 2 fully saturated rings. The normalized spacial score (nSPS) is 15.3. The molecule has 6 rings (SSSR count). The van der Waals surface area contributed by atoms with Crippen LogP contribution in [0.3, 0.4) is 0 Å². The third kappa shape index (κ3) is 30.0. The minimum Gasteiger partial charge on any atom is -0.461 e. The summed E-state index contributed by atoms with van der Waals surface area (Å²) < 4.78 is 92.1. The molecule has 4 aromatic carbocycles. The third-order valence-corrected chi connectivity index (χ3v) is 14.4. The van der Waals surface area contributed by atoms with Crippen LogP contribution >= 0.6 is 15.6 Å². The first-order valence-corrected chi connectivity index (χ1v) is 30.6. The van der Waals surface area contributed by atoms with Crippen LogP contribution in [0.2, 0.25) is 0 Å². The smallest absolute Gasteiger partial charge is 0.461 e. The van der Waals surface area contributed by atoms with E-state index in [-0.39, 0.29) is 107 Å². The maximum atomic E-state index is 12.8. The topological polar surface area (TPSA) is 270 Å². The number of carbonyl (C=O) groups is 4. The van der Waals surface area contributed by atoms with Crippen LogP contribution in [0.15, 0.2) is 121 Å². The van der Waals surface area contributed by atoms with Crippen molar-refractivity contribution < 1.29 is 125 Å². The Morgan fingerprint density at radius 2 is 0.890 bits per heavy atom. The average molecular weight is 1170 g/mol. The summed E-state index contributed by atoms with van der Waals surface area (Å²) >= 11 is -5.94. The Labute approximate surface area is 457 Å². The van der Waals surface area contributed by atoms with Gasteiger partial charge in [-0.25, -0.2) is 0 Å². The molecule has 2 saturated carbocycles. The van der Waals surface area contributed by atoms with E-state index in [0.717, 1.165) is 60.8 Å². The molecule has 4 aromatic rings. The zero-order valence-electron chi connectivity index (χ0n) is 41.3. The second kappa shape index (κ2) is 35.7. The summed E-state index contributed by atoms with van der Waals surface area (Å²) in [7, 11) is -6.04. The van der Waals surface area contributed by atoms with Crippen LogP contribution in [-0.2, 0) is 82.7 Å². The van der Waals surface area contributed by atoms with Gasteiger partial charge in [0, 0.05) is 12.8 Å². The maximum Gasteiger partial charge on any atom is 1.00 e. The van der Waals surface area contributed by atoms with Gasteiger partial charge in [0.1, 0.15) is 59.0 Å². The number of hydrogen-bond acceptors (Lipinski definition) is 16. The van der Waals surface area contributed by atoms with Gasteiger partial charge in [0.2, 0.25) is 0 Å². The van der Waals surface area contributed by atoms with Crippen molar-refractivity contribution in [2.24, 2.45) is 23.7 Å². The predicted molar refractivity (Wildman–Crippen MR) is 253 cm³/mol. The molecule has 0 bridgehead atoms. The Morgan fingerprint density at radius 3 is 1.27 bits per heavy atom. The van der Waals surface area contributed by atoms with Gasteiger partial charge < -0.3 is 28.4 Å². The van der Waals surface area contributed by atoms with Crippen molar-refractivity contribution in [2.75, 3.05) is 25.5 Å². The molecule has 17 nitrogen and oxygen atoms in total. The predicted octanol–water partition coefficient (Wildman–Crippen LogP) is 0.333. The monoisotopic (exact) mass is 1170 g/mol. The van der Waals surface area contributed by atoms with Crippen molar-refractivity contribution in [3.05, 3.63) is 144 Å². The van der Waals surface area contributed by atoms with Crippen molar-refractivity contribution in [3.63, 3.8) is 0 Å². The molecule has 4 unspecified atom stereocenters. The second-order valence-corrected chi connectivity index (χ2v) is 22.9. The molecule has 2 aliphatic rings. The van der Waals surface area contributed by atoms with Gasteiger partial charge >= 0.3 is 69.1 Å². The van der Waals surface area contributed by atoms with Crippen LogP contribution in [0.1, 0.15) is 99.3 Å². The molecule has 1 N–H and O–H groups in total. The number of carbonyl (C=O) groups excluding carboxylic acids is 4. The largest absolute Gasteiger partial charge is 1.00 e. The van der Waals surface area contributed by atoms with Gasteiger partial charge in [-0.1, -0.05) is 147 Å². The number of esters is 4. The molecular formula is C52H65INaO17P2+. The SMILES string of the molecule is O=C(CCC(CP(=O)(O)OCC1CCCC1)C(=O)OCc1ccccc1)OCc1ccccc1.O=C(CCC(C[P+](=O)OCC1CCCC1)C(=O)OCc1ccccc1)OCc1ccccc1.[Na+].[O-][I+3]([O-])([O-])[O-]. The summed E-state index contributed by atoms with van der Waals surface area (Å²) in [5.41, 5.74) is 3.43. The summed E-state index contributed by atoms with van der Waals surface area (Å²) in [6.07, 6.45) is 8.60. The van der Waals surface area contributed by atoms with Crippen LogP contribution in [-0.4, -0.2) is 54.3 Å². The fourth-order valence-corrected chi connectivity index (χ4v) is 10.4. The Morgan fingerprint density at radius 1 is 0.562 bits per heavy atom. The standard InChI is InChI=1S/C26H33O7P.C26H32O6P.IO4.Na/c27-25(31-17-21-9-3-1-4-10-21)16-15-24(26(28)32-18-22-11-5-2-6-12-22)20-34(29,30)33-19-23-13-7-8-14-23;27-25(30-17-21-9-3-1-4-10-21)16-15-24(20-33(29)32-19-23-13-7-8-14-23)26(28)31-18-22-11-5-2-6-12-22;2-1(3,4)5;/h1-6,9-12,23-24H,7-8,13-20H2,(H,29,30);1-6,9-12,23-24H,7-8,13-20H2;;/q;+1;-1;+1. The Kier molecular flexibility index (Phi) is 31.2. The summed E-state index contributed by atoms with van der Waals surface area (Å²) in [5.74, 6) is -2.90. The molecule has 0 saturated heterocycles. The number of halogens is 1. The van der Waals surface area contributed by atoms with Crippen molar-refractivity contribution in [1.29, 1.82) is 0 Å². The van der Waals surface area contributed by atoms with Gasteiger partial charge in [-0.15, -0.1) is 4.52 Å². The zero-order chi connectivity index (χ0) is 52.0. The Balaban J connectivity index is 0.000000348. The first-order valence-electron chi connectivity index (χ1n) is 24.0.